The Morgan fingerprint density at radius 3 is 3.05 bits per heavy atom. The first-order valence-electron chi connectivity index (χ1n) is 6.73. The number of hydrogen-bond donors (Lipinski definition) is 3. The van der Waals surface area contributed by atoms with Gasteiger partial charge in [-0.3, -0.25) is 4.79 Å². The first-order valence-corrected chi connectivity index (χ1v) is 6.73. The molecule has 0 aliphatic heterocycles. The third-order valence-electron chi connectivity index (χ3n) is 3.82. The van der Waals surface area contributed by atoms with E-state index in [0.717, 1.165) is 36.7 Å². The van der Waals surface area contributed by atoms with Gasteiger partial charge < -0.3 is 16.0 Å². The number of carbonyl (C=O) groups is 1. The van der Waals surface area contributed by atoms with Crippen LogP contribution in [0.2, 0.25) is 0 Å². The van der Waals surface area contributed by atoms with Gasteiger partial charge in [0.1, 0.15) is 0 Å². The molecule has 3 rings (SSSR count). The lowest BCUT2D eigenvalue weighted by atomic mass is 9.91. The molecule has 5 nitrogen and oxygen atoms in total. The zero-order valence-electron chi connectivity index (χ0n) is 10.7. The molecule has 4 N–H and O–H groups in total. The van der Waals surface area contributed by atoms with Gasteiger partial charge in [0.15, 0.2) is 0 Å². The van der Waals surface area contributed by atoms with Crippen LogP contribution in [0.5, 0.6) is 0 Å². The van der Waals surface area contributed by atoms with E-state index in [2.05, 4.69) is 15.3 Å². The first-order chi connectivity index (χ1) is 9.24. The fraction of sp³-hybridized carbons (Fsp3) is 0.429. The highest BCUT2D eigenvalue weighted by Gasteiger charge is 2.23. The minimum Gasteiger partial charge on any atom is -0.348 e. The Hall–Kier alpha value is -1.88. The van der Waals surface area contributed by atoms with E-state index >= 15 is 0 Å². The van der Waals surface area contributed by atoms with Crippen molar-refractivity contribution in [3.8, 4) is 0 Å². The van der Waals surface area contributed by atoms with Gasteiger partial charge in [-0.15, -0.1) is 0 Å². The van der Waals surface area contributed by atoms with Crippen LogP contribution < -0.4 is 11.1 Å². The van der Waals surface area contributed by atoms with E-state index in [-0.39, 0.29) is 18.0 Å². The van der Waals surface area contributed by atoms with Crippen molar-refractivity contribution in [2.24, 2.45) is 5.73 Å². The monoisotopic (exact) mass is 258 g/mol. The third-order valence-corrected chi connectivity index (χ3v) is 3.82. The van der Waals surface area contributed by atoms with E-state index in [9.17, 15) is 4.79 Å². The van der Waals surface area contributed by atoms with Crippen molar-refractivity contribution in [2.75, 3.05) is 0 Å². The minimum absolute atomic E-state index is 0.0566. The van der Waals surface area contributed by atoms with Crippen molar-refractivity contribution in [2.45, 2.75) is 37.8 Å². The second kappa shape index (κ2) is 5.01. The third kappa shape index (κ3) is 2.46. The minimum atomic E-state index is -0.0566. The Bertz CT molecular complexity index is 592. The quantitative estimate of drug-likeness (QED) is 0.764. The Morgan fingerprint density at radius 1 is 1.37 bits per heavy atom. The topological polar surface area (TPSA) is 83.8 Å². The molecule has 2 unspecified atom stereocenters. The zero-order chi connectivity index (χ0) is 13.2. The Labute approximate surface area is 111 Å². The van der Waals surface area contributed by atoms with E-state index < -0.39 is 0 Å². The SMILES string of the molecule is NC1CCCCC1NC(=O)c1ccc2nc[nH]c2c1. The van der Waals surface area contributed by atoms with E-state index in [1.165, 1.54) is 0 Å². The number of fused-ring (bicyclic) bond motifs is 1. The van der Waals surface area contributed by atoms with Crippen molar-refractivity contribution in [3.63, 3.8) is 0 Å². The number of carbonyl (C=O) groups excluding carboxylic acids is 1. The molecule has 1 aliphatic rings. The van der Waals surface area contributed by atoms with Crippen LogP contribution in [0.25, 0.3) is 11.0 Å². The number of hydrogen-bond acceptors (Lipinski definition) is 3. The normalized spacial score (nSPS) is 23.4. The molecule has 2 atom stereocenters. The van der Waals surface area contributed by atoms with E-state index in [1.807, 2.05) is 12.1 Å². The van der Waals surface area contributed by atoms with Crippen LogP contribution in [0.15, 0.2) is 24.5 Å². The number of H-pyrrole nitrogens is 1. The predicted octanol–water partition coefficient (Wildman–Crippen LogP) is 1.56. The maximum absolute atomic E-state index is 12.2. The van der Waals surface area contributed by atoms with Crippen molar-refractivity contribution >= 4 is 16.9 Å². The van der Waals surface area contributed by atoms with Gasteiger partial charge >= 0.3 is 0 Å². The molecule has 100 valence electrons. The maximum Gasteiger partial charge on any atom is 0.251 e. The summed E-state index contributed by atoms with van der Waals surface area (Å²) < 4.78 is 0. The molecule has 0 saturated heterocycles. The summed E-state index contributed by atoms with van der Waals surface area (Å²) in [6.07, 6.45) is 5.89. The van der Waals surface area contributed by atoms with Crippen molar-refractivity contribution in [1.82, 2.24) is 15.3 Å². The van der Waals surface area contributed by atoms with Crippen LogP contribution >= 0.6 is 0 Å². The standard InChI is InChI=1S/C14H18N4O/c15-10-3-1-2-4-11(10)18-14(19)9-5-6-12-13(7-9)17-8-16-12/h5-8,10-11H,1-4,15H2,(H,16,17)(H,18,19). The molecule has 1 aliphatic carbocycles. The molecule has 0 radical (unpaired) electrons. The summed E-state index contributed by atoms with van der Waals surface area (Å²) in [5.74, 6) is -0.0566. The number of benzene rings is 1. The summed E-state index contributed by atoms with van der Waals surface area (Å²) in [5, 5.41) is 3.04. The lowest BCUT2D eigenvalue weighted by molar-refractivity contribution is 0.0921. The lowest BCUT2D eigenvalue weighted by Gasteiger charge is -2.29. The summed E-state index contributed by atoms with van der Waals surface area (Å²) in [6, 6.07) is 5.65. The highest BCUT2D eigenvalue weighted by Crippen LogP contribution is 2.18. The average Bonchev–Trinajstić information content (AvgIpc) is 2.88. The van der Waals surface area contributed by atoms with Gasteiger partial charge in [0.25, 0.3) is 5.91 Å². The molecular weight excluding hydrogens is 240 g/mol. The molecule has 1 amide bonds. The summed E-state index contributed by atoms with van der Waals surface area (Å²) in [7, 11) is 0. The molecule has 1 heterocycles. The van der Waals surface area contributed by atoms with Gasteiger partial charge in [-0.1, -0.05) is 12.8 Å². The first kappa shape index (κ1) is 12.2. The largest absolute Gasteiger partial charge is 0.348 e. The van der Waals surface area contributed by atoms with Crippen LogP contribution in [-0.2, 0) is 0 Å². The lowest BCUT2D eigenvalue weighted by Crippen LogP contribution is -2.49. The summed E-state index contributed by atoms with van der Waals surface area (Å²) in [6.45, 7) is 0. The van der Waals surface area contributed by atoms with Crippen LogP contribution in [-0.4, -0.2) is 28.0 Å². The molecular formula is C14H18N4O. The molecule has 1 aromatic heterocycles. The molecule has 1 saturated carbocycles. The van der Waals surface area contributed by atoms with Crippen molar-refractivity contribution in [1.29, 1.82) is 0 Å². The van der Waals surface area contributed by atoms with E-state index in [1.54, 1.807) is 12.4 Å². The van der Waals surface area contributed by atoms with Crippen molar-refractivity contribution < 1.29 is 4.79 Å². The van der Waals surface area contributed by atoms with Gasteiger partial charge in [0, 0.05) is 17.6 Å². The predicted molar refractivity (Wildman–Crippen MR) is 73.8 cm³/mol. The van der Waals surface area contributed by atoms with Gasteiger partial charge in [-0.05, 0) is 31.0 Å². The fourth-order valence-corrected chi connectivity index (χ4v) is 2.67. The van der Waals surface area contributed by atoms with Gasteiger partial charge in [-0.2, -0.15) is 0 Å². The summed E-state index contributed by atoms with van der Waals surface area (Å²) in [4.78, 5) is 19.4. The number of nitrogens with one attached hydrogen (secondary N) is 2. The molecule has 2 aromatic rings. The Kier molecular flexibility index (Phi) is 3.21. The number of amides is 1. The zero-order valence-corrected chi connectivity index (χ0v) is 10.7. The Morgan fingerprint density at radius 2 is 2.21 bits per heavy atom. The molecule has 1 fully saturated rings. The van der Waals surface area contributed by atoms with Crippen molar-refractivity contribution in [3.05, 3.63) is 30.1 Å². The smallest absolute Gasteiger partial charge is 0.251 e. The molecule has 0 spiro atoms. The second-order valence-corrected chi connectivity index (χ2v) is 5.16. The van der Waals surface area contributed by atoms with Crippen LogP contribution in [0.4, 0.5) is 0 Å². The number of rotatable bonds is 2. The summed E-state index contributed by atoms with van der Waals surface area (Å²) >= 11 is 0. The molecule has 0 bridgehead atoms. The van der Waals surface area contributed by atoms with Crippen LogP contribution in [0.1, 0.15) is 36.0 Å². The number of imidazole rings is 1. The highest BCUT2D eigenvalue weighted by atomic mass is 16.1. The molecule has 5 heteroatoms. The number of aromatic nitrogens is 2. The van der Waals surface area contributed by atoms with E-state index in [0.29, 0.717) is 5.56 Å². The summed E-state index contributed by atoms with van der Waals surface area (Å²) in [5.41, 5.74) is 8.44. The van der Waals surface area contributed by atoms with Gasteiger partial charge in [0.05, 0.1) is 17.4 Å². The second-order valence-electron chi connectivity index (χ2n) is 5.16. The average molecular weight is 258 g/mol. The number of aromatic amines is 1. The van der Waals surface area contributed by atoms with Gasteiger partial charge in [-0.25, -0.2) is 4.98 Å². The van der Waals surface area contributed by atoms with E-state index in [4.69, 9.17) is 5.73 Å². The van der Waals surface area contributed by atoms with Crippen LogP contribution in [0, 0.1) is 0 Å². The number of nitrogens with two attached hydrogens (primary N) is 1. The number of nitrogens with zero attached hydrogens (tertiary/aromatic N) is 1. The maximum atomic E-state index is 12.2. The van der Waals surface area contributed by atoms with Gasteiger partial charge in [0.2, 0.25) is 0 Å². The fourth-order valence-electron chi connectivity index (χ4n) is 2.67. The molecule has 19 heavy (non-hydrogen) atoms. The Balaban J connectivity index is 1.75. The highest BCUT2D eigenvalue weighted by molar-refractivity contribution is 5.97. The van der Waals surface area contributed by atoms with Crippen LogP contribution in [0.3, 0.4) is 0 Å². The molecule has 1 aromatic carbocycles.